The Morgan fingerprint density at radius 1 is 1.43 bits per heavy atom. The maximum Gasteiger partial charge on any atom is 0.302 e. The van der Waals surface area contributed by atoms with E-state index in [1.54, 1.807) is 18.3 Å². The zero-order valence-corrected chi connectivity index (χ0v) is 10.7. The van der Waals surface area contributed by atoms with Crippen LogP contribution in [0.25, 0.3) is 0 Å². The molecule has 1 N–H and O–H groups in total. The van der Waals surface area contributed by atoms with Gasteiger partial charge in [0.15, 0.2) is 0 Å². The average Bonchev–Trinajstić information content (AvgIpc) is 2.08. The Morgan fingerprint density at radius 3 is 2.50 bits per heavy atom. The summed E-state index contributed by atoms with van der Waals surface area (Å²) in [5.41, 5.74) is 0. The van der Waals surface area contributed by atoms with E-state index in [9.17, 15) is 8.42 Å². The summed E-state index contributed by atoms with van der Waals surface area (Å²) in [4.78, 5) is 3.92. The lowest BCUT2D eigenvalue weighted by Crippen LogP contribution is -2.29. The number of halogens is 1. The standard InChI is InChI=1S/C7H10IN3O2S/c1-11(2)14(12,13)10-7-4-3-6(8)5-9-7/h3-5H,1-2H3,(H,9,10). The number of hydrogen-bond acceptors (Lipinski definition) is 3. The summed E-state index contributed by atoms with van der Waals surface area (Å²) in [5, 5.41) is 0. The number of rotatable bonds is 3. The van der Waals surface area contributed by atoms with Gasteiger partial charge in [-0.25, -0.2) is 4.98 Å². The molecule has 0 unspecified atom stereocenters. The van der Waals surface area contributed by atoms with Crippen LogP contribution in [-0.4, -0.2) is 31.8 Å². The molecule has 0 atom stereocenters. The first-order valence-corrected chi connectivity index (χ1v) is 6.25. The van der Waals surface area contributed by atoms with E-state index in [-0.39, 0.29) is 0 Å². The van der Waals surface area contributed by atoms with Gasteiger partial charge >= 0.3 is 10.2 Å². The molecular formula is C7H10IN3O2S. The van der Waals surface area contributed by atoms with Gasteiger partial charge in [-0.1, -0.05) is 0 Å². The van der Waals surface area contributed by atoms with Gasteiger partial charge in [0.25, 0.3) is 0 Å². The minimum Gasteiger partial charge on any atom is -0.254 e. The van der Waals surface area contributed by atoms with E-state index in [0.29, 0.717) is 5.82 Å². The molecule has 0 saturated heterocycles. The molecule has 14 heavy (non-hydrogen) atoms. The first kappa shape index (κ1) is 11.7. The molecule has 1 heterocycles. The average molecular weight is 327 g/mol. The third kappa shape index (κ3) is 3.07. The third-order valence-electron chi connectivity index (χ3n) is 1.44. The molecule has 0 spiro atoms. The smallest absolute Gasteiger partial charge is 0.254 e. The molecule has 5 nitrogen and oxygen atoms in total. The molecule has 78 valence electrons. The Balaban J connectivity index is 2.85. The summed E-state index contributed by atoms with van der Waals surface area (Å²) in [6.45, 7) is 0. The van der Waals surface area contributed by atoms with E-state index < -0.39 is 10.2 Å². The van der Waals surface area contributed by atoms with Crippen molar-refractivity contribution < 1.29 is 8.42 Å². The van der Waals surface area contributed by atoms with Gasteiger partial charge in [-0.3, -0.25) is 4.72 Å². The van der Waals surface area contributed by atoms with Crippen molar-refractivity contribution in [1.29, 1.82) is 0 Å². The number of anilines is 1. The second-order valence-corrected chi connectivity index (χ2v) is 5.88. The molecule has 0 radical (unpaired) electrons. The van der Waals surface area contributed by atoms with Crippen LogP contribution in [0.4, 0.5) is 5.82 Å². The van der Waals surface area contributed by atoms with Crippen LogP contribution in [0.15, 0.2) is 18.3 Å². The zero-order chi connectivity index (χ0) is 10.8. The molecule has 1 aromatic heterocycles. The van der Waals surface area contributed by atoms with Crippen molar-refractivity contribution in [3.8, 4) is 0 Å². The molecule has 0 aliphatic heterocycles. The van der Waals surface area contributed by atoms with E-state index in [1.807, 2.05) is 0 Å². The lowest BCUT2D eigenvalue weighted by atomic mass is 10.5. The fraction of sp³-hybridized carbons (Fsp3) is 0.286. The number of hydrogen-bond donors (Lipinski definition) is 1. The van der Waals surface area contributed by atoms with Crippen molar-refractivity contribution >= 4 is 38.6 Å². The number of pyridine rings is 1. The van der Waals surface area contributed by atoms with Gasteiger partial charge < -0.3 is 0 Å². The van der Waals surface area contributed by atoms with Gasteiger partial charge in [-0.15, -0.1) is 0 Å². The Hall–Kier alpha value is -0.410. The van der Waals surface area contributed by atoms with Crippen LogP contribution in [0.5, 0.6) is 0 Å². The van der Waals surface area contributed by atoms with Crippen molar-refractivity contribution in [1.82, 2.24) is 9.29 Å². The first-order chi connectivity index (χ1) is 6.42. The van der Waals surface area contributed by atoms with Crippen LogP contribution in [-0.2, 0) is 10.2 Å². The molecule has 7 heteroatoms. The van der Waals surface area contributed by atoms with Crippen molar-refractivity contribution in [3.05, 3.63) is 21.9 Å². The lowest BCUT2D eigenvalue weighted by Gasteiger charge is -2.12. The normalized spacial score (nSPS) is 11.7. The van der Waals surface area contributed by atoms with E-state index in [0.717, 1.165) is 7.88 Å². The minimum absolute atomic E-state index is 0.319. The predicted octanol–water partition coefficient (Wildman–Crippen LogP) is 0.904. The van der Waals surface area contributed by atoms with E-state index in [2.05, 4.69) is 32.3 Å². The van der Waals surface area contributed by atoms with Crippen LogP contribution in [0.2, 0.25) is 0 Å². The van der Waals surface area contributed by atoms with Gasteiger partial charge in [0.2, 0.25) is 0 Å². The third-order valence-corrected chi connectivity index (χ3v) is 3.51. The number of nitrogens with one attached hydrogen (secondary N) is 1. The van der Waals surface area contributed by atoms with E-state index in [4.69, 9.17) is 0 Å². The monoisotopic (exact) mass is 327 g/mol. The summed E-state index contributed by atoms with van der Waals surface area (Å²) in [6, 6.07) is 3.39. The summed E-state index contributed by atoms with van der Waals surface area (Å²) in [6.07, 6.45) is 1.59. The number of aromatic nitrogens is 1. The zero-order valence-electron chi connectivity index (χ0n) is 7.73. The Bertz CT molecular complexity index is 401. The topological polar surface area (TPSA) is 62.3 Å². The highest BCUT2D eigenvalue weighted by Crippen LogP contribution is 2.09. The first-order valence-electron chi connectivity index (χ1n) is 3.73. The second kappa shape index (κ2) is 4.41. The van der Waals surface area contributed by atoms with Gasteiger partial charge in [-0.2, -0.15) is 12.7 Å². The quantitative estimate of drug-likeness (QED) is 0.840. The second-order valence-electron chi connectivity index (χ2n) is 2.75. The van der Waals surface area contributed by atoms with Crippen LogP contribution in [0.1, 0.15) is 0 Å². The maximum atomic E-state index is 11.4. The molecular weight excluding hydrogens is 317 g/mol. The van der Waals surface area contributed by atoms with Crippen LogP contribution >= 0.6 is 22.6 Å². The van der Waals surface area contributed by atoms with Crippen molar-refractivity contribution in [3.63, 3.8) is 0 Å². The Kier molecular flexibility index (Phi) is 3.67. The van der Waals surface area contributed by atoms with Crippen molar-refractivity contribution in [2.45, 2.75) is 0 Å². The SMILES string of the molecule is CN(C)S(=O)(=O)Nc1ccc(I)cn1. The molecule has 0 amide bonds. The van der Waals surface area contributed by atoms with Crippen LogP contribution in [0, 0.1) is 3.57 Å². The largest absolute Gasteiger partial charge is 0.302 e. The molecule has 0 aliphatic rings. The van der Waals surface area contributed by atoms with E-state index in [1.165, 1.54) is 14.1 Å². The summed E-state index contributed by atoms with van der Waals surface area (Å²) in [7, 11) is -0.539. The highest BCUT2D eigenvalue weighted by Gasteiger charge is 2.12. The minimum atomic E-state index is -3.45. The van der Waals surface area contributed by atoms with Gasteiger partial charge in [0.1, 0.15) is 5.82 Å². The predicted molar refractivity (Wildman–Crippen MR) is 63.2 cm³/mol. The summed E-state index contributed by atoms with van der Waals surface area (Å²) in [5.74, 6) is 0.319. The molecule has 0 aromatic carbocycles. The molecule has 1 aromatic rings. The van der Waals surface area contributed by atoms with Crippen molar-refractivity contribution in [2.75, 3.05) is 18.8 Å². The highest BCUT2D eigenvalue weighted by molar-refractivity contribution is 14.1. The Labute approximate surface area is 96.8 Å². The lowest BCUT2D eigenvalue weighted by molar-refractivity contribution is 0.526. The molecule has 0 aliphatic carbocycles. The maximum absolute atomic E-state index is 11.4. The van der Waals surface area contributed by atoms with Gasteiger partial charge in [0, 0.05) is 23.9 Å². The Morgan fingerprint density at radius 2 is 2.07 bits per heavy atom. The van der Waals surface area contributed by atoms with Gasteiger partial charge in [0.05, 0.1) is 0 Å². The van der Waals surface area contributed by atoms with Crippen LogP contribution in [0.3, 0.4) is 0 Å². The molecule has 1 rings (SSSR count). The summed E-state index contributed by atoms with van der Waals surface area (Å²) < 4.78 is 27.1. The van der Waals surface area contributed by atoms with Crippen LogP contribution < -0.4 is 4.72 Å². The fourth-order valence-corrected chi connectivity index (χ4v) is 1.55. The summed E-state index contributed by atoms with van der Waals surface area (Å²) >= 11 is 2.10. The highest BCUT2D eigenvalue weighted by atomic mass is 127. The van der Waals surface area contributed by atoms with Gasteiger partial charge in [-0.05, 0) is 34.7 Å². The number of nitrogens with zero attached hydrogens (tertiary/aromatic N) is 2. The molecule has 0 fully saturated rings. The van der Waals surface area contributed by atoms with Crippen molar-refractivity contribution in [2.24, 2.45) is 0 Å². The molecule has 0 bridgehead atoms. The van der Waals surface area contributed by atoms with E-state index >= 15 is 0 Å². The fourth-order valence-electron chi connectivity index (χ4n) is 0.660. The molecule has 0 saturated carbocycles.